The Labute approximate surface area is 232 Å². The van der Waals surface area contributed by atoms with Crippen molar-refractivity contribution in [2.75, 3.05) is 6.54 Å². The summed E-state index contributed by atoms with van der Waals surface area (Å²) in [5, 5.41) is 27.7. The fourth-order valence-corrected chi connectivity index (χ4v) is 4.35. The number of carbonyl (C=O) groups excluding carboxylic acids is 1. The fourth-order valence-electron chi connectivity index (χ4n) is 4.35. The van der Waals surface area contributed by atoms with E-state index in [1.54, 1.807) is 6.92 Å². The Morgan fingerprint density at radius 2 is 1.62 bits per heavy atom. The van der Waals surface area contributed by atoms with Crippen LogP contribution in [-0.2, 0) is 24.2 Å². The van der Waals surface area contributed by atoms with Crippen LogP contribution < -0.4 is 16.0 Å². The Kier molecular flexibility index (Phi) is 13.4. The van der Waals surface area contributed by atoms with E-state index in [0.717, 1.165) is 29.7 Å². The lowest BCUT2D eigenvalue weighted by Gasteiger charge is -2.28. The number of halogens is 4. The predicted octanol–water partition coefficient (Wildman–Crippen LogP) is 4.95. The lowest BCUT2D eigenvalue weighted by molar-refractivity contribution is -0.125. The number of hydrogen-bond acceptors (Lipinski definition) is 4. The molecule has 2 aromatic rings. The van der Waals surface area contributed by atoms with Gasteiger partial charge in [-0.3, -0.25) is 4.79 Å². The number of amides is 2. The Hall–Kier alpha value is -3.18. The van der Waals surface area contributed by atoms with Gasteiger partial charge in [0.15, 0.2) is 0 Å². The van der Waals surface area contributed by atoms with Crippen molar-refractivity contribution >= 4 is 12.0 Å². The molecule has 0 saturated heterocycles. The number of benzene rings is 2. The van der Waals surface area contributed by atoms with E-state index in [1.165, 1.54) is 0 Å². The Morgan fingerprint density at radius 1 is 0.950 bits per heavy atom. The van der Waals surface area contributed by atoms with Crippen LogP contribution in [0.3, 0.4) is 0 Å². The van der Waals surface area contributed by atoms with Crippen LogP contribution in [0.4, 0.5) is 22.4 Å². The molecule has 0 heterocycles. The predicted molar refractivity (Wildman–Crippen MR) is 144 cm³/mol. The molecule has 40 heavy (non-hydrogen) atoms. The molecule has 222 valence electrons. The van der Waals surface area contributed by atoms with Gasteiger partial charge in [-0.25, -0.2) is 22.4 Å². The highest BCUT2D eigenvalue weighted by molar-refractivity contribution is 5.85. The van der Waals surface area contributed by atoms with Gasteiger partial charge in [0.25, 0.3) is 0 Å². The van der Waals surface area contributed by atoms with Crippen LogP contribution in [0.2, 0.25) is 0 Å². The molecule has 0 aliphatic rings. The second kappa shape index (κ2) is 16.2. The summed E-state index contributed by atoms with van der Waals surface area (Å²) >= 11 is 0. The minimum absolute atomic E-state index is 0.0226. The first-order valence-electron chi connectivity index (χ1n) is 13.5. The number of unbranched alkanes of at least 4 members (excludes halogenated alkanes) is 1. The van der Waals surface area contributed by atoms with Crippen LogP contribution in [0.1, 0.15) is 62.6 Å². The van der Waals surface area contributed by atoms with Crippen molar-refractivity contribution in [3.05, 3.63) is 70.8 Å². The number of aryl methyl sites for hydroxylation is 1. The second-order valence-electron chi connectivity index (χ2n) is 9.97. The van der Waals surface area contributed by atoms with E-state index in [-0.39, 0.29) is 31.4 Å². The van der Waals surface area contributed by atoms with Gasteiger partial charge in [0.2, 0.25) is 11.8 Å². The summed E-state index contributed by atoms with van der Waals surface area (Å²) in [7, 11) is 0. The normalized spacial score (nSPS) is 13.9. The zero-order chi connectivity index (χ0) is 29.7. The number of aliphatic hydroxyl groups is 1. The maximum Gasteiger partial charge on any atom is 0.405 e. The summed E-state index contributed by atoms with van der Waals surface area (Å²) in [5.41, 5.74) is 2.25. The number of carbonyl (C=O) groups is 2. The quantitative estimate of drug-likeness (QED) is 0.173. The lowest BCUT2D eigenvalue weighted by Crippen LogP contribution is -2.54. The summed E-state index contributed by atoms with van der Waals surface area (Å²) in [5.74, 6) is -5.69. The van der Waals surface area contributed by atoms with E-state index < -0.39 is 60.6 Å². The number of aliphatic hydroxyl groups excluding tert-OH is 1. The molecule has 3 atom stereocenters. The van der Waals surface area contributed by atoms with Gasteiger partial charge in [-0.2, -0.15) is 0 Å². The smallest absolute Gasteiger partial charge is 0.405 e. The van der Waals surface area contributed by atoms with E-state index >= 15 is 0 Å². The molecule has 0 radical (unpaired) electrons. The third-order valence-electron chi connectivity index (χ3n) is 6.56. The molecule has 0 fully saturated rings. The van der Waals surface area contributed by atoms with Crippen LogP contribution >= 0.6 is 0 Å². The molecule has 0 saturated carbocycles. The Balaban J connectivity index is 2.16. The second-order valence-corrected chi connectivity index (χ2v) is 9.97. The van der Waals surface area contributed by atoms with E-state index in [2.05, 4.69) is 10.6 Å². The fraction of sp³-hybridized carbons (Fsp3) is 0.517. The topological polar surface area (TPSA) is 111 Å². The number of alkyl halides is 2. The van der Waals surface area contributed by atoms with Crippen LogP contribution in [0, 0.1) is 11.6 Å². The van der Waals surface area contributed by atoms with Crippen molar-refractivity contribution in [2.24, 2.45) is 0 Å². The van der Waals surface area contributed by atoms with E-state index in [0.29, 0.717) is 19.0 Å². The molecule has 2 rings (SSSR count). The third kappa shape index (κ3) is 11.9. The highest BCUT2D eigenvalue weighted by Gasteiger charge is 2.33. The van der Waals surface area contributed by atoms with Crippen LogP contribution in [0.5, 0.6) is 0 Å². The third-order valence-corrected chi connectivity index (χ3v) is 6.56. The zero-order valence-corrected chi connectivity index (χ0v) is 22.9. The molecule has 0 aromatic heterocycles. The van der Waals surface area contributed by atoms with E-state index in [1.807, 2.05) is 36.5 Å². The Bertz CT molecular complexity index is 1080. The van der Waals surface area contributed by atoms with Gasteiger partial charge < -0.3 is 26.2 Å². The molecule has 11 heteroatoms. The van der Waals surface area contributed by atoms with Crippen LogP contribution in [0.15, 0.2) is 42.5 Å². The highest BCUT2D eigenvalue weighted by atomic mass is 19.3. The zero-order valence-electron chi connectivity index (χ0n) is 22.9. The monoisotopic (exact) mass is 569 g/mol. The number of hydrogen-bond donors (Lipinski definition) is 5. The SMILES string of the molecule is CCCCC(F)(F)CC[C@@H](NC(=O)O)C(=O)N[C@@H](Cc1cc(F)cc(F)c1)[C@H](O)CNCc1cccc(CC)c1. The van der Waals surface area contributed by atoms with Gasteiger partial charge in [-0.1, -0.05) is 44.5 Å². The van der Waals surface area contributed by atoms with Crippen LogP contribution in [-0.4, -0.2) is 52.9 Å². The average molecular weight is 570 g/mol. The molecule has 0 unspecified atom stereocenters. The summed E-state index contributed by atoms with van der Waals surface area (Å²) in [6, 6.07) is 7.98. The Morgan fingerprint density at radius 3 is 2.25 bits per heavy atom. The molecule has 2 aromatic carbocycles. The van der Waals surface area contributed by atoms with Gasteiger partial charge in [0.1, 0.15) is 17.7 Å². The lowest BCUT2D eigenvalue weighted by atomic mass is 9.98. The van der Waals surface area contributed by atoms with Gasteiger partial charge in [-0.05, 0) is 54.5 Å². The van der Waals surface area contributed by atoms with Crippen molar-refractivity contribution in [3.8, 4) is 0 Å². The van der Waals surface area contributed by atoms with Crippen molar-refractivity contribution in [3.63, 3.8) is 0 Å². The molecule has 5 N–H and O–H groups in total. The van der Waals surface area contributed by atoms with Crippen molar-refractivity contribution in [2.45, 2.75) is 89.4 Å². The first-order chi connectivity index (χ1) is 18.9. The summed E-state index contributed by atoms with van der Waals surface area (Å²) in [6.45, 7) is 4.17. The number of rotatable bonds is 17. The summed E-state index contributed by atoms with van der Waals surface area (Å²) < 4.78 is 56.1. The van der Waals surface area contributed by atoms with Crippen molar-refractivity contribution < 1.29 is 37.4 Å². The molecule has 0 spiro atoms. The molecule has 0 aliphatic heterocycles. The molecule has 7 nitrogen and oxygen atoms in total. The summed E-state index contributed by atoms with van der Waals surface area (Å²) in [4.78, 5) is 24.3. The van der Waals surface area contributed by atoms with Gasteiger partial charge in [0, 0.05) is 32.0 Å². The number of nitrogens with one attached hydrogen (secondary N) is 3. The van der Waals surface area contributed by atoms with Crippen LogP contribution in [0.25, 0.3) is 0 Å². The molecule has 0 aliphatic carbocycles. The standard InChI is InChI=1S/C29H39F4N3O4/c1-3-5-10-29(32,33)11-9-24(36-28(39)40)27(38)35-25(15-21-13-22(30)16-23(31)14-21)26(37)18-34-17-20-8-6-7-19(4-2)12-20/h6-8,12-14,16,24-26,34,36-37H,3-5,9-11,15,17-18H2,1-2H3,(H,35,38)(H,39,40)/t24-,25+,26-/m1/s1. The highest BCUT2D eigenvalue weighted by Crippen LogP contribution is 2.27. The minimum atomic E-state index is -3.08. The van der Waals surface area contributed by atoms with Gasteiger partial charge in [-0.15, -0.1) is 0 Å². The van der Waals surface area contributed by atoms with Gasteiger partial charge in [0.05, 0.1) is 12.1 Å². The first-order valence-corrected chi connectivity index (χ1v) is 13.5. The van der Waals surface area contributed by atoms with E-state index in [9.17, 15) is 37.4 Å². The largest absolute Gasteiger partial charge is 0.465 e. The minimum Gasteiger partial charge on any atom is -0.465 e. The molecular formula is C29H39F4N3O4. The van der Waals surface area contributed by atoms with E-state index in [4.69, 9.17) is 0 Å². The van der Waals surface area contributed by atoms with Crippen molar-refractivity contribution in [1.29, 1.82) is 0 Å². The average Bonchev–Trinajstić information content (AvgIpc) is 2.88. The molecular weight excluding hydrogens is 530 g/mol. The van der Waals surface area contributed by atoms with Crippen molar-refractivity contribution in [1.82, 2.24) is 16.0 Å². The first kappa shape index (κ1) is 33.0. The maximum absolute atomic E-state index is 14.2. The summed E-state index contributed by atoms with van der Waals surface area (Å²) in [6.07, 6.45) is -2.91. The molecule has 2 amide bonds. The van der Waals surface area contributed by atoms with Gasteiger partial charge >= 0.3 is 6.09 Å². The molecule has 0 bridgehead atoms. The maximum atomic E-state index is 14.2. The number of carboxylic acid groups (broad SMARTS) is 1.